The second-order valence-electron chi connectivity index (χ2n) is 7.50. The highest BCUT2D eigenvalue weighted by atomic mass is 32.2. The first kappa shape index (κ1) is 21.2. The van der Waals surface area contributed by atoms with E-state index in [1.54, 1.807) is 16.7 Å². The zero-order valence-corrected chi connectivity index (χ0v) is 17.3. The zero-order chi connectivity index (χ0) is 21.0. The fraction of sp³-hybridized carbons (Fsp3) is 0.500. The van der Waals surface area contributed by atoms with Gasteiger partial charge in [0, 0.05) is 18.7 Å². The molecule has 2 aliphatic rings. The minimum Gasteiger partial charge on any atom is -0.454 e. The van der Waals surface area contributed by atoms with Crippen molar-refractivity contribution in [1.29, 1.82) is 0 Å². The maximum atomic E-state index is 12.6. The molecule has 2 aliphatic heterocycles. The van der Waals surface area contributed by atoms with Crippen LogP contribution in [-0.4, -0.2) is 53.7 Å². The van der Waals surface area contributed by atoms with E-state index in [0.717, 1.165) is 5.56 Å². The lowest BCUT2D eigenvalue weighted by atomic mass is 10.0. The van der Waals surface area contributed by atoms with Gasteiger partial charge in [-0.2, -0.15) is 0 Å². The van der Waals surface area contributed by atoms with Crippen LogP contribution in [0, 0.1) is 5.92 Å². The topological polar surface area (TPSA) is 105 Å². The van der Waals surface area contributed by atoms with Gasteiger partial charge >= 0.3 is 12.0 Å². The zero-order valence-electron chi connectivity index (χ0n) is 16.5. The van der Waals surface area contributed by atoms with Crippen LogP contribution in [0.3, 0.4) is 0 Å². The number of nitrogens with one attached hydrogen (secondary N) is 2. The van der Waals surface area contributed by atoms with Gasteiger partial charge in [0.1, 0.15) is 10.9 Å². The SMILES string of the molecule is CC(C)CNC(=O)NC(=O)COC(=O)[C@@H]1CS[C@@]2(c3ccccc3)CCC(=O)N12. The first-order chi connectivity index (χ1) is 13.8. The summed E-state index contributed by atoms with van der Waals surface area (Å²) in [5.41, 5.74) is 0.978. The molecule has 2 N–H and O–H groups in total. The Morgan fingerprint density at radius 2 is 2.00 bits per heavy atom. The normalized spacial score (nSPS) is 23.1. The molecule has 0 spiro atoms. The lowest BCUT2D eigenvalue weighted by Crippen LogP contribution is -2.47. The Bertz CT molecular complexity index is 801. The van der Waals surface area contributed by atoms with Gasteiger partial charge in [-0.25, -0.2) is 9.59 Å². The average Bonchev–Trinajstić information content (AvgIpc) is 3.24. The molecule has 0 saturated carbocycles. The van der Waals surface area contributed by atoms with Crippen LogP contribution in [0.5, 0.6) is 0 Å². The van der Waals surface area contributed by atoms with E-state index < -0.39 is 35.4 Å². The smallest absolute Gasteiger partial charge is 0.330 e. The van der Waals surface area contributed by atoms with Gasteiger partial charge in [-0.3, -0.25) is 14.9 Å². The highest BCUT2D eigenvalue weighted by Gasteiger charge is 2.57. The van der Waals surface area contributed by atoms with Crippen LogP contribution in [0.1, 0.15) is 32.3 Å². The van der Waals surface area contributed by atoms with Gasteiger partial charge in [-0.1, -0.05) is 44.2 Å². The number of benzene rings is 1. The average molecular weight is 420 g/mol. The highest BCUT2D eigenvalue weighted by molar-refractivity contribution is 8.00. The molecule has 1 aromatic rings. The van der Waals surface area contributed by atoms with Gasteiger partial charge in [-0.15, -0.1) is 11.8 Å². The van der Waals surface area contributed by atoms with E-state index in [-0.39, 0.29) is 11.8 Å². The largest absolute Gasteiger partial charge is 0.454 e. The predicted molar refractivity (Wildman–Crippen MR) is 108 cm³/mol. The minimum absolute atomic E-state index is 0.0988. The second kappa shape index (κ2) is 8.86. The number of ether oxygens (including phenoxy) is 1. The summed E-state index contributed by atoms with van der Waals surface area (Å²) in [5.74, 6) is -0.805. The lowest BCUT2D eigenvalue weighted by Gasteiger charge is -2.33. The van der Waals surface area contributed by atoms with Crippen LogP contribution in [0.4, 0.5) is 4.79 Å². The van der Waals surface area contributed by atoms with Crippen LogP contribution < -0.4 is 10.6 Å². The van der Waals surface area contributed by atoms with E-state index in [2.05, 4.69) is 10.6 Å². The fourth-order valence-corrected chi connectivity index (χ4v) is 5.19. The van der Waals surface area contributed by atoms with Gasteiger partial charge in [0.15, 0.2) is 6.61 Å². The molecule has 4 amide bonds. The summed E-state index contributed by atoms with van der Waals surface area (Å²) in [4.78, 5) is 49.6. The molecule has 0 unspecified atom stereocenters. The van der Waals surface area contributed by atoms with Crippen LogP contribution in [0.25, 0.3) is 0 Å². The van der Waals surface area contributed by atoms with Crippen molar-refractivity contribution < 1.29 is 23.9 Å². The number of urea groups is 1. The summed E-state index contributed by atoms with van der Waals surface area (Å²) in [6.07, 6.45) is 0.989. The Hall–Kier alpha value is -2.55. The van der Waals surface area contributed by atoms with Crippen LogP contribution >= 0.6 is 11.8 Å². The minimum atomic E-state index is -0.752. The Kier molecular flexibility index (Phi) is 6.46. The monoisotopic (exact) mass is 419 g/mol. The van der Waals surface area contributed by atoms with Crippen molar-refractivity contribution in [3.05, 3.63) is 35.9 Å². The summed E-state index contributed by atoms with van der Waals surface area (Å²) in [6.45, 7) is 3.71. The van der Waals surface area contributed by atoms with Crippen LogP contribution in [0.2, 0.25) is 0 Å². The third-order valence-electron chi connectivity index (χ3n) is 4.89. The molecular formula is C20H25N3O5S. The van der Waals surface area contributed by atoms with Crippen molar-refractivity contribution >= 4 is 35.6 Å². The Morgan fingerprint density at radius 1 is 1.28 bits per heavy atom. The van der Waals surface area contributed by atoms with Crippen molar-refractivity contribution in [2.24, 2.45) is 5.92 Å². The van der Waals surface area contributed by atoms with E-state index >= 15 is 0 Å². The fourth-order valence-electron chi connectivity index (χ4n) is 3.55. The maximum Gasteiger partial charge on any atom is 0.330 e. The molecule has 0 aliphatic carbocycles. The molecule has 2 fully saturated rings. The van der Waals surface area contributed by atoms with E-state index in [1.807, 2.05) is 44.2 Å². The Labute approximate surface area is 173 Å². The molecule has 9 heteroatoms. The van der Waals surface area contributed by atoms with Gasteiger partial charge in [0.2, 0.25) is 5.91 Å². The Balaban J connectivity index is 1.58. The Morgan fingerprint density at radius 3 is 2.69 bits per heavy atom. The first-order valence-corrected chi connectivity index (χ1v) is 10.6. The van der Waals surface area contributed by atoms with Crippen molar-refractivity contribution in [1.82, 2.24) is 15.5 Å². The number of nitrogens with zero attached hydrogens (tertiary/aromatic N) is 1. The predicted octanol–water partition coefficient (Wildman–Crippen LogP) is 1.60. The van der Waals surface area contributed by atoms with Gasteiger partial charge in [0.05, 0.1) is 0 Å². The third-order valence-corrected chi connectivity index (χ3v) is 6.49. The second-order valence-corrected chi connectivity index (χ2v) is 8.80. The molecule has 2 heterocycles. The number of hydrogen-bond donors (Lipinski definition) is 2. The molecule has 0 bridgehead atoms. The number of amides is 4. The van der Waals surface area contributed by atoms with E-state index in [4.69, 9.17) is 4.74 Å². The number of fused-ring (bicyclic) bond motifs is 1. The molecule has 0 radical (unpaired) electrons. The van der Waals surface area contributed by atoms with Crippen LogP contribution in [-0.2, 0) is 24.0 Å². The van der Waals surface area contributed by atoms with Gasteiger partial charge in [0.25, 0.3) is 5.91 Å². The summed E-state index contributed by atoms with van der Waals surface area (Å²) >= 11 is 1.55. The maximum absolute atomic E-state index is 12.6. The lowest BCUT2D eigenvalue weighted by molar-refractivity contribution is -0.156. The van der Waals surface area contributed by atoms with E-state index in [0.29, 0.717) is 25.1 Å². The summed E-state index contributed by atoms with van der Waals surface area (Å²) < 4.78 is 5.11. The molecule has 1 aromatic carbocycles. The number of rotatable bonds is 6. The van der Waals surface area contributed by atoms with E-state index in [1.165, 1.54) is 0 Å². The van der Waals surface area contributed by atoms with Crippen molar-refractivity contribution in [3.63, 3.8) is 0 Å². The van der Waals surface area contributed by atoms with Crippen molar-refractivity contribution in [2.45, 2.75) is 37.6 Å². The molecule has 2 saturated heterocycles. The first-order valence-electron chi connectivity index (χ1n) is 9.59. The third kappa shape index (κ3) is 4.55. The number of carbonyl (C=O) groups is 4. The van der Waals surface area contributed by atoms with E-state index in [9.17, 15) is 19.2 Å². The summed E-state index contributed by atoms with van der Waals surface area (Å²) in [5, 5.41) is 4.67. The molecular weight excluding hydrogens is 394 g/mol. The number of carbonyl (C=O) groups excluding carboxylic acids is 4. The van der Waals surface area contributed by atoms with Crippen LogP contribution in [0.15, 0.2) is 30.3 Å². The standard InChI is InChI=1S/C20H25N3O5S/c1-13(2)10-21-19(27)22-16(24)11-28-18(26)15-12-29-20(9-8-17(25)23(15)20)14-6-4-3-5-7-14/h3-7,13,15H,8-12H2,1-2H3,(H2,21,22,24,27)/t15-,20+/m0/s1. The molecule has 3 rings (SSSR count). The molecule has 156 valence electrons. The van der Waals surface area contributed by atoms with Gasteiger partial charge in [-0.05, 0) is 17.9 Å². The molecule has 29 heavy (non-hydrogen) atoms. The summed E-state index contributed by atoms with van der Waals surface area (Å²) in [7, 11) is 0. The summed E-state index contributed by atoms with van der Waals surface area (Å²) in [6, 6.07) is 8.25. The molecule has 0 aromatic heterocycles. The quantitative estimate of drug-likeness (QED) is 0.679. The van der Waals surface area contributed by atoms with Gasteiger partial charge < -0.3 is 15.0 Å². The number of hydrogen-bond acceptors (Lipinski definition) is 6. The number of esters is 1. The molecule has 8 nitrogen and oxygen atoms in total. The number of imide groups is 1. The van der Waals surface area contributed by atoms with Crippen molar-refractivity contribution in [3.8, 4) is 0 Å². The highest BCUT2D eigenvalue weighted by Crippen LogP contribution is 2.54. The number of thioether (sulfide) groups is 1. The molecule has 2 atom stereocenters. The van der Waals surface area contributed by atoms with Crippen molar-refractivity contribution in [2.75, 3.05) is 18.9 Å².